The average molecular weight is 453 g/mol. The smallest absolute Gasteiger partial charge is 0.243 e. The van der Waals surface area contributed by atoms with Crippen molar-refractivity contribution in [3.8, 4) is 11.5 Å². The van der Waals surface area contributed by atoms with Gasteiger partial charge in [0.1, 0.15) is 17.3 Å². The van der Waals surface area contributed by atoms with Gasteiger partial charge < -0.3 is 19.5 Å². The zero-order chi connectivity index (χ0) is 22.3. The number of carbonyl (C=O) groups is 1. The van der Waals surface area contributed by atoms with E-state index in [1.165, 1.54) is 46.8 Å². The normalized spacial score (nSPS) is 14.8. The summed E-state index contributed by atoms with van der Waals surface area (Å²) in [6.45, 7) is 3.46. The zero-order valence-electron chi connectivity index (χ0n) is 17.2. The van der Waals surface area contributed by atoms with E-state index in [-0.39, 0.29) is 48.4 Å². The van der Waals surface area contributed by atoms with Crippen molar-refractivity contribution in [2.75, 3.05) is 44.8 Å². The number of ether oxygens (including phenoxy) is 3. The maximum absolute atomic E-state index is 12.9. The number of sulfonamides is 1. The first kappa shape index (κ1) is 23.0. The van der Waals surface area contributed by atoms with Crippen molar-refractivity contribution in [1.29, 1.82) is 0 Å². The van der Waals surface area contributed by atoms with E-state index in [0.717, 1.165) is 0 Å². The molecule has 0 saturated carbocycles. The maximum Gasteiger partial charge on any atom is 0.243 e. The molecule has 1 aliphatic heterocycles. The number of anilines is 1. The molecule has 0 radical (unpaired) electrons. The topological polar surface area (TPSA) is 94.2 Å². The fourth-order valence-electron chi connectivity index (χ4n) is 2.99. The summed E-state index contributed by atoms with van der Waals surface area (Å²) in [6.07, 6.45) is 0.0172. The average Bonchev–Trinajstić information content (AvgIpc) is 2.77. The number of amides is 1. The number of hydrogen-bond donors (Lipinski definition) is 1. The fourth-order valence-corrected chi connectivity index (χ4v) is 4.42. The molecule has 1 N–H and O–H groups in total. The van der Waals surface area contributed by atoms with Crippen LogP contribution in [0.2, 0.25) is 0 Å². The Hall–Kier alpha value is -2.69. The minimum atomic E-state index is -3.72. The molecular formula is C21H25FN2O6S. The van der Waals surface area contributed by atoms with E-state index >= 15 is 0 Å². The lowest BCUT2D eigenvalue weighted by Gasteiger charge is -2.26. The van der Waals surface area contributed by atoms with E-state index in [2.05, 4.69) is 5.32 Å². The molecule has 0 atom stereocenters. The molecule has 0 aromatic heterocycles. The summed E-state index contributed by atoms with van der Waals surface area (Å²) in [7, 11) is -3.72. The Morgan fingerprint density at radius 1 is 1.13 bits per heavy atom. The summed E-state index contributed by atoms with van der Waals surface area (Å²) in [6, 6.07) is 9.87. The maximum atomic E-state index is 12.9. The molecule has 1 fully saturated rings. The number of nitrogens with zero attached hydrogens (tertiary/aromatic N) is 1. The summed E-state index contributed by atoms with van der Waals surface area (Å²) < 4.78 is 56.3. The molecule has 0 unspecified atom stereocenters. The second kappa shape index (κ2) is 10.6. The van der Waals surface area contributed by atoms with E-state index in [1.54, 1.807) is 6.92 Å². The van der Waals surface area contributed by atoms with Gasteiger partial charge in [0.05, 0.1) is 43.4 Å². The molecule has 10 heteroatoms. The molecule has 0 aliphatic carbocycles. The van der Waals surface area contributed by atoms with Gasteiger partial charge in [-0.25, -0.2) is 12.8 Å². The van der Waals surface area contributed by atoms with Gasteiger partial charge in [0, 0.05) is 13.1 Å². The monoisotopic (exact) mass is 452 g/mol. The highest BCUT2D eigenvalue weighted by molar-refractivity contribution is 7.89. The molecule has 168 valence electrons. The van der Waals surface area contributed by atoms with Crippen LogP contribution in [-0.4, -0.2) is 58.1 Å². The Balaban J connectivity index is 1.68. The van der Waals surface area contributed by atoms with Gasteiger partial charge in [-0.15, -0.1) is 0 Å². The summed E-state index contributed by atoms with van der Waals surface area (Å²) >= 11 is 0. The SMILES string of the molecule is CCOc1ccc(S(=O)(=O)N2CCOCC2)cc1NC(=O)CCOc1ccc(F)cc1. The summed E-state index contributed by atoms with van der Waals surface area (Å²) in [5.74, 6) is 0.0727. The van der Waals surface area contributed by atoms with Gasteiger partial charge in [-0.05, 0) is 49.4 Å². The molecule has 1 heterocycles. The van der Waals surface area contributed by atoms with E-state index in [9.17, 15) is 17.6 Å². The van der Waals surface area contributed by atoms with Gasteiger partial charge in [-0.3, -0.25) is 4.79 Å². The van der Waals surface area contributed by atoms with Gasteiger partial charge in [-0.2, -0.15) is 4.31 Å². The van der Waals surface area contributed by atoms with Crippen LogP contribution in [0.25, 0.3) is 0 Å². The van der Waals surface area contributed by atoms with Crippen LogP contribution in [0.15, 0.2) is 47.4 Å². The largest absolute Gasteiger partial charge is 0.493 e. The highest BCUT2D eigenvalue weighted by Gasteiger charge is 2.27. The van der Waals surface area contributed by atoms with Crippen molar-refractivity contribution < 1.29 is 31.8 Å². The van der Waals surface area contributed by atoms with Crippen LogP contribution in [0.3, 0.4) is 0 Å². The molecule has 1 amide bonds. The molecule has 2 aromatic rings. The zero-order valence-corrected chi connectivity index (χ0v) is 18.0. The third kappa shape index (κ3) is 6.16. The number of nitrogens with one attached hydrogen (secondary N) is 1. The number of benzene rings is 2. The number of hydrogen-bond acceptors (Lipinski definition) is 6. The van der Waals surface area contributed by atoms with E-state index in [0.29, 0.717) is 31.3 Å². The van der Waals surface area contributed by atoms with Gasteiger partial charge in [0.2, 0.25) is 15.9 Å². The van der Waals surface area contributed by atoms with Crippen molar-refractivity contribution in [2.24, 2.45) is 0 Å². The first-order valence-corrected chi connectivity index (χ1v) is 11.4. The van der Waals surface area contributed by atoms with Gasteiger partial charge >= 0.3 is 0 Å². The third-order valence-corrected chi connectivity index (χ3v) is 6.44. The Kier molecular flexibility index (Phi) is 7.83. The van der Waals surface area contributed by atoms with Gasteiger partial charge in [0.15, 0.2) is 0 Å². The first-order valence-electron chi connectivity index (χ1n) is 9.93. The van der Waals surface area contributed by atoms with Crippen LogP contribution in [0.4, 0.5) is 10.1 Å². The van der Waals surface area contributed by atoms with Crippen molar-refractivity contribution in [2.45, 2.75) is 18.2 Å². The lowest BCUT2D eigenvalue weighted by molar-refractivity contribution is -0.116. The minimum absolute atomic E-state index is 0.0172. The lowest BCUT2D eigenvalue weighted by atomic mass is 10.2. The second-order valence-electron chi connectivity index (χ2n) is 6.71. The third-order valence-electron chi connectivity index (χ3n) is 4.54. The summed E-state index contributed by atoms with van der Waals surface area (Å²) in [4.78, 5) is 12.5. The van der Waals surface area contributed by atoms with Gasteiger partial charge in [0.25, 0.3) is 0 Å². The standard InChI is InChI=1S/C21H25FN2O6S/c1-2-29-20-8-7-18(31(26,27)24-10-13-28-14-11-24)15-19(20)23-21(25)9-12-30-17-5-3-16(22)4-6-17/h3-8,15H,2,9-14H2,1H3,(H,23,25). The molecule has 1 aliphatic rings. The van der Waals surface area contributed by atoms with Crippen molar-refractivity contribution >= 4 is 21.6 Å². The Morgan fingerprint density at radius 3 is 2.52 bits per heavy atom. The fraction of sp³-hybridized carbons (Fsp3) is 0.381. The molecule has 31 heavy (non-hydrogen) atoms. The van der Waals surface area contributed by atoms with E-state index in [4.69, 9.17) is 14.2 Å². The number of rotatable bonds is 9. The molecule has 0 spiro atoms. The predicted octanol–water partition coefficient (Wildman–Crippen LogP) is 2.65. The van der Waals surface area contributed by atoms with Crippen LogP contribution < -0.4 is 14.8 Å². The van der Waals surface area contributed by atoms with E-state index < -0.39 is 10.0 Å². The predicted molar refractivity (Wildman–Crippen MR) is 112 cm³/mol. The van der Waals surface area contributed by atoms with Crippen LogP contribution >= 0.6 is 0 Å². The molecular weight excluding hydrogens is 427 g/mol. The lowest BCUT2D eigenvalue weighted by Crippen LogP contribution is -2.40. The highest BCUT2D eigenvalue weighted by atomic mass is 32.2. The van der Waals surface area contributed by atoms with E-state index in [1.807, 2.05) is 0 Å². The number of carbonyl (C=O) groups excluding carboxylic acids is 1. The number of halogens is 1. The quantitative estimate of drug-likeness (QED) is 0.629. The summed E-state index contributed by atoms with van der Waals surface area (Å²) in [5, 5.41) is 2.69. The van der Waals surface area contributed by atoms with Crippen LogP contribution in [0.1, 0.15) is 13.3 Å². The van der Waals surface area contributed by atoms with Gasteiger partial charge in [-0.1, -0.05) is 0 Å². The minimum Gasteiger partial charge on any atom is -0.493 e. The second-order valence-corrected chi connectivity index (χ2v) is 8.65. The Labute approximate surface area is 181 Å². The Morgan fingerprint density at radius 2 is 1.84 bits per heavy atom. The van der Waals surface area contributed by atoms with Crippen molar-refractivity contribution in [3.05, 3.63) is 48.3 Å². The molecule has 0 bridgehead atoms. The molecule has 3 rings (SSSR count). The van der Waals surface area contributed by atoms with Crippen LogP contribution in [-0.2, 0) is 19.6 Å². The molecule has 8 nitrogen and oxygen atoms in total. The number of morpholine rings is 1. The Bertz CT molecular complexity index is 991. The van der Waals surface area contributed by atoms with Crippen LogP contribution in [0, 0.1) is 5.82 Å². The van der Waals surface area contributed by atoms with Crippen molar-refractivity contribution in [3.63, 3.8) is 0 Å². The van der Waals surface area contributed by atoms with Crippen LogP contribution in [0.5, 0.6) is 11.5 Å². The first-order chi connectivity index (χ1) is 14.9. The van der Waals surface area contributed by atoms with Crippen molar-refractivity contribution in [1.82, 2.24) is 4.31 Å². The molecule has 2 aromatic carbocycles. The summed E-state index contributed by atoms with van der Waals surface area (Å²) in [5.41, 5.74) is 0.267. The molecule has 1 saturated heterocycles. The highest BCUT2D eigenvalue weighted by Crippen LogP contribution is 2.29.